The number of carbonyl (C=O) groups is 2. The second-order valence-electron chi connectivity index (χ2n) is 6.57. The van der Waals surface area contributed by atoms with E-state index in [1.165, 1.54) is 0 Å². The van der Waals surface area contributed by atoms with E-state index in [-0.39, 0.29) is 18.0 Å². The molecule has 1 atom stereocenters. The Morgan fingerprint density at radius 2 is 2.12 bits per heavy atom. The lowest BCUT2D eigenvalue weighted by molar-refractivity contribution is -0.129. The van der Waals surface area contributed by atoms with Crippen molar-refractivity contribution in [3.63, 3.8) is 0 Å². The van der Waals surface area contributed by atoms with Crippen molar-refractivity contribution in [2.45, 2.75) is 31.8 Å². The Kier molecular flexibility index (Phi) is 5.07. The van der Waals surface area contributed by atoms with Crippen LogP contribution >= 0.6 is 0 Å². The fourth-order valence-electron chi connectivity index (χ4n) is 2.97. The molecule has 6 heteroatoms. The summed E-state index contributed by atoms with van der Waals surface area (Å²) < 4.78 is 1.91. The lowest BCUT2D eigenvalue weighted by Crippen LogP contribution is -2.37. The SMILES string of the molecule is CN(C)C(=O)Cn1ccc2cc(NC(=O)N[C@H]3C=CCCC3)ccc21. The lowest BCUT2D eigenvalue weighted by Gasteiger charge is -2.18. The molecule has 0 fully saturated rings. The van der Waals surface area contributed by atoms with Crippen LogP contribution in [0.2, 0.25) is 0 Å². The molecule has 3 amide bonds. The molecule has 1 aromatic heterocycles. The number of aromatic nitrogens is 1. The van der Waals surface area contributed by atoms with E-state index in [1.807, 2.05) is 41.1 Å². The van der Waals surface area contributed by atoms with Crippen molar-refractivity contribution in [3.05, 3.63) is 42.6 Å². The van der Waals surface area contributed by atoms with Crippen molar-refractivity contribution < 1.29 is 9.59 Å². The van der Waals surface area contributed by atoms with E-state index in [2.05, 4.69) is 16.7 Å². The number of anilines is 1. The van der Waals surface area contributed by atoms with Crippen LogP contribution in [0.4, 0.5) is 10.5 Å². The maximum atomic E-state index is 12.1. The first-order chi connectivity index (χ1) is 12.0. The molecule has 132 valence electrons. The fourth-order valence-corrected chi connectivity index (χ4v) is 2.97. The Balaban J connectivity index is 1.67. The Morgan fingerprint density at radius 1 is 1.28 bits per heavy atom. The average molecular weight is 340 g/mol. The first kappa shape index (κ1) is 17.1. The van der Waals surface area contributed by atoms with Crippen LogP contribution in [0, 0.1) is 0 Å². The zero-order chi connectivity index (χ0) is 17.8. The maximum absolute atomic E-state index is 12.1. The number of urea groups is 1. The number of benzene rings is 1. The highest BCUT2D eigenvalue weighted by molar-refractivity contribution is 5.93. The summed E-state index contributed by atoms with van der Waals surface area (Å²) in [6.45, 7) is 0.303. The predicted molar refractivity (Wildman–Crippen MR) is 99.6 cm³/mol. The largest absolute Gasteiger partial charge is 0.347 e. The van der Waals surface area contributed by atoms with Crippen LogP contribution < -0.4 is 10.6 Å². The molecule has 0 spiro atoms. The highest BCUT2D eigenvalue weighted by atomic mass is 16.2. The van der Waals surface area contributed by atoms with Crippen molar-refractivity contribution in [1.82, 2.24) is 14.8 Å². The summed E-state index contributed by atoms with van der Waals surface area (Å²) in [5.74, 6) is 0.0413. The van der Waals surface area contributed by atoms with E-state index in [1.54, 1.807) is 19.0 Å². The van der Waals surface area contributed by atoms with Gasteiger partial charge in [-0.2, -0.15) is 0 Å². The molecular formula is C19H24N4O2. The lowest BCUT2D eigenvalue weighted by atomic mass is 10.0. The molecule has 6 nitrogen and oxygen atoms in total. The first-order valence-electron chi connectivity index (χ1n) is 8.56. The van der Waals surface area contributed by atoms with Gasteiger partial charge in [0.2, 0.25) is 5.91 Å². The van der Waals surface area contributed by atoms with E-state index >= 15 is 0 Å². The van der Waals surface area contributed by atoms with E-state index < -0.39 is 0 Å². The number of fused-ring (bicyclic) bond motifs is 1. The van der Waals surface area contributed by atoms with Crippen LogP contribution in [0.1, 0.15) is 19.3 Å². The number of nitrogens with zero attached hydrogens (tertiary/aromatic N) is 2. The highest BCUT2D eigenvalue weighted by Crippen LogP contribution is 2.21. The van der Waals surface area contributed by atoms with Crippen LogP contribution in [0.3, 0.4) is 0 Å². The monoisotopic (exact) mass is 340 g/mol. The van der Waals surface area contributed by atoms with Crippen molar-refractivity contribution in [3.8, 4) is 0 Å². The van der Waals surface area contributed by atoms with Crippen LogP contribution in [0.5, 0.6) is 0 Å². The van der Waals surface area contributed by atoms with E-state index in [0.29, 0.717) is 6.54 Å². The molecule has 2 N–H and O–H groups in total. The normalized spacial score (nSPS) is 16.6. The first-order valence-corrected chi connectivity index (χ1v) is 8.56. The number of amides is 3. The molecule has 1 aliphatic carbocycles. The van der Waals surface area contributed by atoms with Gasteiger partial charge in [0.15, 0.2) is 0 Å². The van der Waals surface area contributed by atoms with E-state index in [9.17, 15) is 9.59 Å². The molecule has 3 rings (SSSR count). The second-order valence-corrected chi connectivity index (χ2v) is 6.57. The third kappa shape index (κ3) is 4.21. The maximum Gasteiger partial charge on any atom is 0.319 e. The molecule has 0 aliphatic heterocycles. The third-order valence-corrected chi connectivity index (χ3v) is 4.40. The van der Waals surface area contributed by atoms with Gasteiger partial charge in [-0.05, 0) is 43.5 Å². The number of hydrogen-bond donors (Lipinski definition) is 2. The molecule has 1 heterocycles. The summed E-state index contributed by atoms with van der Waals surface area (Å²) in [5.41, 5.74) is 1.71. The summed E-state index contributed by atoms with van der Waals surface area (Å²) in [6.07, 6.45) is 9.22. The Labute approximate surface area is 147 Å². The minimum Gasteiger partial charge on any atom is -0.347 e. The number of allylic oxidation sites excluding steroid dienone is 1. The van der Waals surface area contributed by atoms with Gasteiger partial charge >= 0.3 is 6.03 Å². The molecule has 0 radical (unpaired) electrons. The fraction of sp³-hybridized carbons (Fsp3) is 0.368. The minimum absolute atomic E-state index is 0.0413. The number of carbonyl (C=O) groups excluding carboxylic acids is 2. The quantitative estimate of drug-likeness (QED) is 0.841. The topological polar surface area (TPSA) is 66.4 Å². The summed E-state index contributed by atoms with van der Waals surface area (Å²) in [7, 11) is 3.49. The third-order valence-electron chi connectivity index (χ3n) is 4.40. The van der Waals surface area contributed by atoms with Crippen molar-refractivity contribution >= 4 is 28.5 Å². The van der Waals surface area contributed by atoms with Gasteiger partial charge < -0.3 is 20.1 Å². The van der Waals surface area contributed by atoms with Gasteiger partial charge in [0, 0.05) is 42.9 Å². The van der Waals surface area contributed by atoms with Crippen LogP contribution in [-0.4, -0.2) is 41.5 Å². The summed E-state index contributed by atoms with van der Waals surface area (Å²) >= 11 is 0. The van der Waals surface area contributed by atoms with Crippen LogP contribution in [-0.2, 0) is 11.3 Å². The van der Waals surface area contributed by atoms with E-state index in [4.69, 9.17) is 0 Å². The summed E-state index contributed by atoms with van der Waals surface area (Å²) in [5, 5.41) is 6.84. The number of hydrogen-bond acceptors (Lipinski definition) is 2. The zero-order valence-electron chi connectivity index (χ0n) is 14.7. The van der Waals surface area contributed by atoms with Crippen molar-refractivity contribution in [2.24, 2.45) is 0 Å². The summed E-state index contributed by atoms with van der Waals surface area (Å²) in [6, 6.07) is 7.56. The van der Waals surface area contributed by atoms with Crippen molar-refractivity contribution in [1.29, 1.82) is 0 Å². The Bertz CT molecular complexity index is 807. The molecule has 0 unspecified atom stereocenters. The molecule has 0 saturated carbocycles. The van der Waals surface area contributed by atoms with Gasteiger partial charge in [-0.15, -0.1) is 0 Å². The standard InChI is InChI=1S/C19H24N4O2/c1-22(2)18(24)13-23-11-10-14-12-16(8-9-17(14)23)21-19(25)20-15-6-4-3-5-7-15/h4,6,8-12,15H,3,5,7,13H2,1-2H3,(H2,20,21,25)/t15-/m0/s1. The second kappa shape index (κ2) is 7.42. The molecule has 1 aromatic carbocycles. The van der Waals surface area contributed by atoms with Gasteiger partial charge in [-0.1, -0.05) is 12.2 Å². The minimum atomic E-state index is -0.196. The number of rotatable bonds is 4. The van der Waals surface area contributed by atoms with Crippen molar-refractivity contribution in [2.75, 3.05) is 19.4 Å². The molecular weight excluding hydrogens is 316 g/mol. The average Bonchev–Trinajstić information content (AvgIpc) is 2.97. The number of nitrogens with one attached hydrogen (secondary N) is 2. The summed E-state index contributed by atoms with van der Waals surface area (Å²) in [4.78, 5) is 25.6. The highest BCUT2D eigenvalue weighted by Gasteiger charge is 2.12. The van der Waals surface area contributed by atoms with Crippen LogP contribution in [0.15, 0.2) is 42.6 Å². The van der Waals surface area contributed by atoms with Gasteiger partial charge in [0.25, 0.3) is 0 Å². The van der Waals surface area contributed by atoms with Gasteiger partial charge in [-0.3, -0.25) is 4.79 Å². The predicted octanol–water partition coefficient (Wildman–Crippen LogP) is 2.96. The van der Waals surface area contributed by atoms with E-state index in [0.717, 1.165) is 35.9 Å². The Hall–Kier alpha value is -2.76. The smallest absolute Gasteiger partial charge is 0.319 e. The Morgan fingerprint density at radius 3 is 2.84 bits per heavy atom. The number of likely N-dealkylation sites (N-methyl/N-ethyl adjacent to an activating group) is 1. The molecule has 0 bridgehead atoms. The molecule has 0 saturated heterocycles. The van der Waals surface area contributed by atoms with Crippen LogP contribution in [0.25, 0.3) is 10.9 Å². The van der Waals surface area contributed by atoms with Gasteiger partial charge in [0.1, 0.15) is 6.54 Å². The van der Waals surface area contributed by atoms with Gasteiger partial charge in [-0.25, -0.2) is 4.79 Å². The molecule has 25 heavy (non-hydrogen) atoms. The molecule has 2 aromatic rings. The van der Waals surface area contributed by atoms with Gasteiger partial charge in [0.05, 0.1) is 0 Å². The molecule has 1 aliphatic rings. The zero-order valence-corrected chi connectivity index (χ0v) is 14.7.